The summed E-state index contributed by atoms with van der Waals surface area (Å²) in [6.07, 6.45) is 1.50. The first-order chi connectivity index (χ1) is 14.6. The highest BCUT2D eigenvalue weighted by molar-refractivity contribution is 14.0. The maximum absolute atomic E-state index is 12.5. The zero-order chi connectivity index (χ0) is 21.3. The number of piperazine rings is 1. The van der Waals surface area contributed by atoms with Crippen molar-refractivity contribution in [2.75, 3.05) is 53.0 Å². The van der Waals surface area contributed by atoms with Crippen molar-refractivity contribution in [1.29, 1.82) is 0 Å². The Hall–Kier alpha value is -1.75. The molecule has 174 valence electrons. The Kier molecular flexibility index (Phi) is 10.7. The fourth-order valence-electron chi connectivity index (χ4n) is 3.70. The average Bonchev–Trinajstić information content (AvgIpc) is 3.31. The van der Waals surface area contributed by atoms with Gasteiger partial charge in [-0.05, 0) is 38.8 Å². The number of guanidine groups is 1. The van der Waals surface area contributed by atoms with Crippen LogP contribution in [-0.4, -0.2) is 86.9 Å². The van der Waals surface area contributed by atoms with E-state index in [-0.39, 0.29) is 42.1 Å². The van der Waals surface area contributed by atoms with Gasteiger partial charge in [-0.25, -0.2) is 4.99 Å². The number of ether oxygens (including phenoxy) is 3. The fraction of sp³-hybridized carbons (Fsp3) is 0.636. The fourth-order valence-corrected chi connectivity index (χ4v) is 3.70. The molecule has 31 heavy (non-hydrogen) atoms. The van der Waals surface area contributed by atoms with E-state index < -0.39 is 0 Å². The molecule has 1 amide bonds. The number of hydrogen-bond acceptors (Lipinski definition) is 5. The van der Waals surface area contributed by atoms with Crippen LogP contribution in [0.25, 0.3) is 0 Å². The van der Waals surface area contributed by atoms with E-state index in [1.165, 1.54) is 0 Å². The first kappa shape index (κ1) is 25.5. The number of nitrogens with zero attached hydrogens (tertiary/aromatic N) is 3. The first-order valence-electron chi connectivity index (χ1n) is 10.8. The molecule has 2 unspecified atom stereocenters. The van der Waals surface area contributed by atoms with Crippen molar-refractivity contribution in [3.05, 3.63) is 24.3 Å². The van der Waals surface area contributed by atoms with E-state index in [0.717, 1.165) is 49.9 Å². The van der Waals surface area contributed by atoms with Crippen molar-refractivity contribution in [3.8, 4) is 11.5 Å². The number of carbonyl (C=O) groups excluding carboxylic acids is 1. The Labute approximate surface area is 202 Å². The molecule has 0 radical (unpaired) electrons. The number of hydrogen-bond donors (Lipinski definition) is 1. The van der Waals surface area contributed by atoms with E-state index in [4.69, 9.17) is 19.2 Å². The highest BCUT2D eigenvalue weighted by atomic mass is 127. The molecule has 9 heteroatoms. The lowest BCUT2D eigenvalue weighted by molar-refractivity contribution is -0.142. The van der Waals surface area contributed by atoms with Crippen LogP contribution >= 0.6 is 24.0 Å². The van der Waals surface area contributed by atoms with Crippen molar-refractivity contribution < 1.29 is 19.0 Å². The normalized spacial score (nSPS) is 20.1. The van der Waals surface area contributed by atoms with E-state index in [1.54, 1.807) is 7.11 Å². The second-order valence-corrected chi connectivity index (χ2v) is 7.62. The zero-order valence-electron chi connectivity index (χ0n) is 18.7. The van der Waals surface area contributed by atoms with Gasteiger partial charge in [0.2, 0.25) is 0 Å². The van der Waals surface area contributed by atoms with Gasteiger partial charge in [0.05, 0.1) is 13.7 Å². The largest absolute Gasteiger partial charge is 0.497 e. The third-order valence-electron chi connectivity index (χ3n) is 5.31. The predicted octanol–water partition coefficient (Wildman–Crippen LogP) is 2.37. The molecule has 2 heterocycles. The summed E-state index contributed by atoms with van der Waals surface area (Å²) in [6, 6.07) is 7.59. The van der Waals surface area contributed by atoms with E-state index in [1.807, 2.05) is 36.1 Å². The summed E-state index contributed by atoms with van der Waals surface area (Å²) in [7, 11) is 1.64. The minimum atomic E-state index is -0.243. The van der Waals surface area contributed by atoms with Crippen LogP contribution in [0.15, 0.2) is 29.3 Å². The van der Waals surface area contributed by atoms with Gasteiger partial charge in [-0.2, -0.15) is 0 Å². The molecule has 0 saturated carbocycles. The predicted molar refractivity (Wildman–Crippen MR) is 132 cm³/mol. The third kappa shape index (κ3) is 7.41. The lowest BCUT2D eigenvalue weighted by Crippen LogP contribution is -2.55. The topological polar surface area (TPSA) is 75.6 Å². The van der Waals surface area contributed by atoms with E-state index in [0.29, 0.717) is 26.2 Å². The standard InChI is InChI=1S/C22H34N4O4.HI/c1-4-23-22(24-16-17(2)30-19-8-5-7-18(15-19)28-3)26-12-10-25(11-13-26)21(27)20-9-6-14-29-20;/h5,7-8,15,17,20H,4,6,9-14,16H2,1-3H3,(H,23,24);1H. The molecule has 2 aliphatic rings. The summed E-state index contributed by atoms with van der Waals surface area (Å²) in [5, 5.41) is 3.36. The van der Waals surface area contributed by atoms with Crippen LogP contribution in [-0.2, 0) is 9.53 Å². The number of nitrogens with one attached hydrogen (secondary N) is 1. The van der Waals surface area contributed by atoms with Gasteiger partial charge in [0.15, 0.2) is 5.96 Å². The first-order valence-corrected chi connectivity index (χ1v) is 10.8. The molecule has 1 N–H and O–H groups in total. The summed E-state index contributed by atoms with van der Waals surface area (Å²) in [6.45, 7) is 8.99. The number of aliphatic imine (C=N–C) groups is 1. The molecule has 0 bridgehead atoms. The molecular weight excluding hydrogens is 511 g/mol. The molecule has 0 spiro atoms. The number of halogens is 1. The Morgan fingerprint density at radius 1 is 1.26 bits per heavy atom. The van der Waals surface area contributed by atoms with E-state index >= 15 is 0 Å². The minimum Gasteiger partial charge on any atom is -0.497 e. The summed E-state index contributed by atoms with van der Waals surface area (Å²) >= 11 is 0. The highest BCUT2D eigenvalue weighted by Gasteiger charge is 2.30. The molecule has 0 aromatic heterocycles. The molecule has 2 atom stereocenters. The van der Waals surface area contributed by atoms with Gasteiger partial charge in [-0.3, -0.25) is 4.79 Å². The third-order valence-corrected chi connectivity index (χ3v) is 5.31. The average molecular weight is 546 g/mol. The summed E-state index contributed by atoms with van der Waals surface area (Å²) in [5.74, 6) is 2.53. The lowest BCUT2D eigenvalue weighted by atomic mass is 10.2. The van der Waals surface area contributed by atoms with Crippen LogP contribution < -0.4 is 14.8 Å². The summed E-state index contributed by atoms with van der Waals surface area (Å²) < 4.78 is 16.8. The maximum Gasteiger partial charge on any atom is 0.251 e. The molecule has 2 saturated heterocycles. The lowest BCUT2D eigenvalue weighted by Gasteiger charge is -2.37. The number of benzene rings is 1. The SMILES string of the molecule is CCNC(=NCC(C)Oc1cccc(OC)c1)N1CCN(C(=O)C2CCCO2)CC1.I. The van der Waals surface area contributed by atoms with E-state index in [2.05, 4.69) is 17.1 Å². The second-order valence-electron chi connectivity index (χ2n) is 7.62. The number of rotatable bonds is 7. The molecule has 8 nitrogen and oxygen atoms in total. The number of carbonyl (C=O) groups is 1. The Balaban J connectivity index is 0.00000341. The quantitative estimate of drug-likeness (QED) is 0.322. The van der Waals surface area contributed by atoms with Gasteiger partial charge in [-0.1, -0.05) is 6.07 Å². The van der Waals surface area contributed by atoms with Crippen molar-refractivity contribution in [2.45, 2.75) is 38.9 Å². The molecule has 2 aliphatic heterocycles. The Bertz CT molecular complexity index is 719. The van der Waals surface area contributed by atoms with Gasteiger partial charge >= 0.3 is 0 Å². The maximum atomic E-state index is 12.5. The molecular formula is C22H35IN4O4. The molecule has 3 rings (SSSR count). The van der Waals surface area contributed by atoms with Crippen molar-refractivity contribution in [1.82, 2.24) is 15.1 Å². The Morgan fingerprint density at radius 2 is 1.97 bits per heavy atom. The van der Waals surface area contributed by atoms with Gasteiger partial charge in [0.25, 0.3) is 5.91 Å². The summed E-state index contributed by atoms with van der Waals surface area (Å²) in [5.41, 5.74) is 0. The van der Waals surface area contributed by atoms with Crippen molar-refractivity contribution in [3.63, 3.8) is 0 Å². The van der Waals surface area contributed by atoms with Crippen LogP contribution in [0.1, 0.15) is 26.7 Å². The molecule has 1 aromatic rings. The summed E-state index contributed by atoms with van der Waals surface area (Å²) in [4.78, 5) is 21.4. The van der Waals surface area contributed by atoms with Gasteiger partial charge < -0.3 is 29.3 Å². The number of methoxy groups -OCH3 is 1. The van der Waals surface area contributed by atoms with Crippen molar-refractivity contribution >= 4 is 35.8 Å². The van der Waals surface area contributed by atoms with E-state index in [9.17, 15) is 4.79 Å². The van der Waals surface area contributed by atoms with Crippen molar-refractivity contribution in [2.24, 2.45) is 4.99 Å². The Morgan fingerprint density at radius 3 is 2.61 bits per heavy atom. The van der Waals surface area contributed by atoms with Crippen LogP contribution in [0.2, 0.25) is 0 Å². The van der Waals surface area contributed by atoms with Crippen LogP contribution in [0.5, 0.6) is 11.5 Å². The molecule has 2 fully saturated rings. The molecule has 1 aromatic carbocycles. The smallest absolute Gasteiger partial charge is 0.251 e. The van der Waals surface area contributed by atoms with Gasteiger partial charge in [0.1, 0.15) is 23.7 Å². The zero-order valence-corrected chi connectivity index (χ0v) is 21.0. The highest BCUT2D eigenvalue weighted by Crippen LogP contribution is 2.20. The second kappa shape index (κ2) is 12.9. The van der Waals surface area contributed by atoms with Crippen LogP contribution in [0.3, 0.4) is 0 Å². The van der Waals surface area contributed by atoms with Gasteiger partial charge in [-0.15, -0.1) is 24.0 Å². The van der Waals surface area contributed by atoms with Gasteiger partial charge in [0, 0.05) is 45.4 Å². The minimum absolute atomic E-state index is 0. The van der Waals surface area contributed by atoms with Crippen LogP contribution in [0.4, 0.5) is 0 Å². The monoisotopic (exact) mass is 546 g/mol. The number of amides is 1. The molecule has 0 aliphatic carbocycles. The van der Waals surface area contributed by atoms with Crippen LogP contribution in [0, 0.1) is 0 Å².